The quantitative estimate of drug-likeness (QED) is 0.860. The summed E-state index contributed by atoms with van der Waals surface area (Å²) < 4.78 is 41.9. The van der Waals surface area contributed by atoms with Crippen LogP contribution in [0.15, 0.2) is 42.5 Å². The van der Waals surface area contributed by atoms with Crippen molar-refractivity contribution >= 4 is 11.6 Å². The summed E-state index contributed by atoms with van der Waals surface area (Å²) in [6.07, 6.45) is 0.566. The second kappa shape index (κ2) is 7.67. The molecule has 0 spiro atoms. The Morgan fingerprint density at radius 1 is 1.17 bits per heavy atom. The predicted octanol–water partition coefficient (Wildman–Crippen LogP) is 4.31. The van der Waals surface area contributed by atoms with Crippen LogP contribution >= 0.6 is 0 Å². The smallest absolute Gasteiger partial charge is 0.387 e. The number of amides is 1. The summed E-state index contributed by atoms with van der Waals surface area (Å²) in [7, 11) is 0. The van der Waals surface area contributed by atoms with E-state index in [9.17, 15) is 18.0 Å². The third kappa shape index (κ3) is 5.32. The number of carbonyl (C=O) groups is 1. The first-order valence-electron chi connectivity index (χ1n) is 7.04. The van der Waals surface area contributed by atoms with Crippen LogP contribution in [0, 0.1) is 12.7 Å². The highest BCUT2D eigenvalue weighted by Crippen LogP contribution is 2.18. The van der Waals surface area contributed by atoms with E-state index in [2.05, 4.69) is 10.1 Å². The maximum Gasteiger partial charge on any atom is 0.387 e. The monoisotopic (exact) mass is 323 g/mol. The van der Waals surface area contributed by atoms with E-state index in [-0.39, 0.29) is 23.8 Å². The Balaban J connectivity index is 1.88. The molecule has 0 saturated heterocycles. The van der Waals surface area contributed by atoms with Crippen molar-refractivity contribution in [3.05, 3.63) is 59.4 Å². The lowest BCUT2D eigenvalue weighted by Gasteiger charge is -2.08. The molecule has 1 N–H and O–H groups in total. The molecule has 0 saturated carbocycles. The molecule has 6 heteroatoms. The van der Waals surface area contributed by atoms with Gasteiger partial charge in [-0.2, -0.15) is 8.78 Å². The van der Waals surface area contributed by atoms with Crippen molar-refractivity contribution in [1.29, 1.82) is 0 Å². The molecule has 1 amide bonds. The Morgan fingerprint density at radius 2 is 1.87 bits per heavy atom. The van der Waals surface area contributed by atoms with Gasteiger partial charge in [0.2, 0.25) is 5.91 Å². The minimum absolute atomic E-state index is 0.0648. The number of hydrogen-bond donors (Lipinski definition) is 1. The first-order valence-corrected chi connectivity index (χ1v) is 7.04. The van der Waals surface area contributed by atoms with Crippen molar-refractivity contribution in [3.8, 4) is 5.75 Å². The van der Waals surface area contributed by atoms with Gasteiger partial charge in [0.1, 0.15) is 11.6 Å². The van der Waals surface area contributed by atoms with E-state index in [0.29, 0.717) is 6.42 Å². The van der Waals surface area contributed by atoms with Crippen molar-refractivity contribution in [1.82, 2.24) is 0 Å². The molecule has 0 atom stereocenters. The standard InChI is InChI=1S/C17H16F3NO2/c1-11-2-8-14(18)15(10-11)21-16(22)9-5-12-3-6-13(7-4-12)23-17(19)20/h2-4,6-8,10,17H,5,9H2,1H3,(H,21,22). The molecule has 2 aromatic rings. The van der Waals surface area contributed by atoms with Crippen LogP contribution in [0.5, 0.6) is 5.75 Å². The van der Waals surface area contributed by atoms with Crippen molar-refractivity contribution in [3.63, 3.8) is 0 Å². The van der Waals surface area contributed by atoms with Gasteiger partial charge in [-0.3, -0.25) is 4.79 Å². The molecule has 0 aliphatic heterocycles. The van der Waals surface area contributed by atoms with E-state index in [1.807, 2.05) is 0 Å². The topological polar surface area (TPSA) is 38.3 Å². The van der Waals surface area contributed by atoms with Crippen LogP contribution in [0.4, 0.5) is 18.9 Å². The molecule has 0 radical (unpaired) electrons. The van der Waals surface area contributed by atoms with E-state index in [0.717, 1.165) is 11.1 Å². The minimum Gasteiger partial charge on any atom is -0.435 e. The summed E-state index contributed by atoms with van der Waals surface area (Å²) in [6, 6.07) is 10.5. The first kappa shape index (κ1) is 16.9. The number of nitrogens with one attached hydrogen (secondary N) is 1. The molecule has 23 heavy (non-hydrogen) atoms. The largest absolute Gasteiger partial charge is 0.435 e. The van der Waals surface area contributed by atoms with Gasteiger partial charge < -0.3 is 10.1 Å². The molecule has 0 heterocycles. The van der Waals surface area contributed by atoms with Crippen LogP contribution in [0.1, 0.15) is 17.5 Å². The lowest BCUT2D eigenvalue weighted by atomic mass is 10.1. The third-order valence-electron chi connectivity index (χ3n) is 3.19. The predicted molar refractivity (Wildman–Crippen MR) is 81.2 cm³/mol. The molecular formula is C17H16F3NO2. The Kier molecular flexibility index (Phi) is 5.62. The summed E-state index contributed by atoms with van der Waals surface area (Å²) >= 11 is 0. The average Bonchev–Trinajstić information content (AvgIpc) is 2.50. The maximum atomic E-state index is 13.6. The number of anilines is 1. The molecule has 122 valence electrons. The minimum atomic E-state index is -2.86. The molecule has 2 aromatic carbocycles. The highest BCUT2D eigenvalue weighted by atomic mass is 19.3. The van der Waals surface area contributed by atoms with Crippen molar-refractivity contribution in [2.45, 2.75) is 26.4 Å². The van der Waals surface area contributed by atoms with E-state index in [1.54, 1.807) is 31.2 Å². The van der Waals surface area contributed by atoms with Gasteiger partial charge >= 0.3 is 6.61 Å². The number of benzene rings is 2. The molecule has 0 bridgehead atoms. The van der Waals surface area contributed by atoms with Crippen LogP contribution in [0.2, 0.25) is 0 Å². The number of carbonyl (C=O) groups excluding carboxylic acids is 1. The van der Waals surface area contributed by atoms with Crippen LogP contribution in [0.3, 0.4) is 0 Å². The number of rotatable bonds is 6. The van der Waals surface area contributed by atoms with Gasteiger partial charge in [-0.1, -0.05) is 18.2 Å². The van der Waals surface area contributed by atoms with Crippen LogP contribution in [0.25, 0.3) is 0 Å². The van der Waals surface area contributed by atoms with Gasteiger partial charge in [0.05, 0.1) is 5.69 Å². The lowest BCUT2D eigenvalue weighted by molar-refractivity contribution is -0.116. The number of alkyl halides is 2. The van der Waals surface area contributed by atoms with Gasteiger partial charge in [-0.05, 0) is 48.7 Å². The molecule has 2 rings (SSSR count). The van der Waals surface area contributed by atoms with E-state index < -0.39 is 12.4 Å². The second-order valence-corrected chi connectivity index (χ2v) is 5.05. The van der Waals surface area contributed by atoms with Crippen molar-refractivity contribution in [2.75, 3.05) is 5.32 Å². The zero-order valence-corrected chi connectivity index (χ0v) is 12.5. The van der Waals surface area contributed by atoms with Gasteiger partial charge in [0.15, 0.2) is 0 Å². The molecular weight excluding hydrogens is 307 g/mol. The average molecular weight is 323 g/mol. The Morgan fingerprint density at radius 3 is 2.52 bits per heavy atom. The van der Waals surface area contributed by atoms with Crippen molar-refractivity contribution in [2.24, 2.45) is 0 Å². The fourth-order valence-corrected chi connectivity index (χ4v) is 2.04. The summed E-state index contributed by atoms with van der Waals surface area (Å²) in [4.78, 5) is 11.9. The van der Waals surface area contributed by atoms with E-state index in [1.165, 1.54) is 18.2 Å². The zero-order valence-electron chi connectivity index (χ0n) is 12.5. The Labute approximate surface area is 132 Å². The summed E-state index contributed by atoms with van der Waals surface area (Å²) in [5, 5.41) is 2.52. The fraction of sp³-hybridized carbons (Fsp3) is 0.235. The summed E-state index contributed by atoms with van der Waals surface area (Å²) in [5.41, 5.74) is 1.79. The normalized spacial score (nSPS) is 10.7. The van der Waals surface area contributed by atoms with Crippen molar-refractivity contribution < 1.29 is 22.7 Å². The zero-order chi connectivity index (χ0) is 16.8. The molecule has 0 aromatic heterocycles. The molecule has 0 aliphatic rings. The first-order chi connectivity index (χ1) is 10.9. The molecule has 3 nitrogen and oxygen atoms in total. The number of halogens is 3. The van der Waals surface area contributed by atoms with Crippen LogP contribution in [-0.2, 0) is 11.2 Å². The van der Waals surface area contributed by atoms with Gasteiger partial charge in [0, 0.05) is 6.42 Å². The molecule has 0 fully saturated rings. The SMILES string of the molecule is Cc1ccc(F)c(NC(=O)CCc2ccc(OC(F)F)cc2)c1. The van der Waals surface area contributed by atoms with Gasteiger partial charge in [-0.25, -0.2) is 4.39 Å². The summed E-state index contributed by atoms with van der Waals surface area (Å²) in [5.74, 6) is -0.741. The van der Waals surface area contributed by atoms with Gasteiger partial charge in [-0.15, -0.1) is 0 Å². The maximum absolute atomic E-state index is 13.6. The number of hydrogen-bond acceptors (Lipinski definition) is 2. The molecule has 0 aliphatic carbocycles. The number of ether oxygens (including phenoxy) is 1. The van der Waals surface area contributed by atoms with Crippen LogP contribution in [-0.4, -0.2) is 12.5 Å². The van der Waals surface area contributed by atoms with Gasteiger partial charge in [0.25, 0.3) is 0 Å². The lowest BCUT2D eigenvalue weighted by Crippen LogP contribution is -2.13. The Bertz CT molecular complexity index is 672. The van der Waals surface area contributed by atoms with Crippen LogP contribution < -0.4 is 10.1 Å². The highest BCUT2D eigenvalue weighted by molar-refractivity contribution is 5.91. The molecule has 0 unspecified atom stereocenters. The van der Waals surface area contributed by atoms with E-state index >= 15 is 0 Å². The Hall–Kier alpha value is -2.50. The summed E-state index contributed by atoms with van der Waals surface area (Å²) in [6.45, 7) is -1.06. The third-order valence-corrected chi connectivity index (χ3v) is 3.19. The van der Waals surface area contributed by atoms with E-state index in [4.69, 9.17) is 0 Å². The second-order valence-electron chi connectivity index (χ2n) is 5.05. The fourth-order valence-electron chi connectivity index (χ4n) is 2.04. The highest BCUT2D eigenvalue weighted by Gasteiger charge is 2.08. The number of aryl methyl sites for hydroxylation is 2.